The summed E-state index contributed by atoms with van der Waals surface area (Å²) in [6, 6.07) is 28.3. The summed E-state index contributed by atoms with van der Waals surface area (Å²) >= 11 is 0. The molecule has 1 aliphatic carbocycles. The number of allylic oxidation sites excluding steroid dienone is 2. The molecular formula is C27H32N2O3S. The first-order valence-electron chi connectivity index (χ1n) is 11.0. The van der Waals surface area contributed by atoms with Crippen molar-refractivity contribution in [1.29, 1.82) is 5.26 Å². The maximum absolute atomic E-state index is 10.8. The normalized spacial score (nSPS) is 11.6. The zero-order chi connectivity index (χ0) is 24.7. The summed E-state index contributed by atoms with van der Waals surface area (Å²) in [7, 11) is -3.56. The highest BCUT2D eigenvalue weighted by Gasteiger charge is 2.23. The van der Waals surface area contributed by atoms with Crippen molar-refractivity contribution in [3.63, 3.8) is 0 Å². The fraction of sp³-hybridized carbons (Fsp3) is 0.259. The lowest BCUT2D eigenvalue weighted by Crippen LogP contribution is -2.17. The van der Waals surface area contributed by atoms with E-state index in [4.69, 9.17) is 0 Å². The van der Waals surface area contributed by atoms with Gasteiger partial charge in [-0.25, -0.2) is 0 Å². The van der Waals surface area contributed by atoms with Crippen molar-refractivity contribution >= 4 is 32.2 Å². The quantitative estimate of drug-likeness (QED) is 0.309. The van der Waals surface area contributed by atoms with E-state index < -0.39 is 10.1 Å². The lowest BCUT2D eigenvalue weighted by Gasteiger charge is -2.20. The van der Waals surface area contributed by atoms with E-state index in [9.17, 15) is 13.7 Å². The van der Waals surface area contributed by atoms with Crippen LogP contribution < -0.4 is 0 Å². The van der Waals surface area contributed by atoms with Gasteiger partial charge >= 0.3 is 10.1 Å². The molecular weight excluding hydrogens is 432 g/mol. The zero-order valence-corrected chi connectivity index (χ0v) is 20.8. The number of rotatable bonds is 3. The van der Waals surface area contributed by atoms with Gasteiger partial charge in [-0.2, -0.15) is 13.7 Å². The molecule has 0 aliphatic heterocycles. The first-order valence-corrected chi connectivity index (χ1v) is 12.8. The lowest BCUT2D eigenvalue weighted by atomic mass is 9.84. The molecule has 0 aromatic heterocycles. The van der Waals surface area contributed by atoms with Crippen LogP contribution in [0.2, 0.25) is 0 Å². The zero-order valence-electron chi connectivity index (χ0n) is 19.9. The Kier molecular flexibility index (Phi) is 12.2. The summed E-state index contributed by atoms with van der Waals surface area (Å²) in [5.41, 5.74) is 3.07. The Bertz CT molecular complexity index is 1130. The monoisotopic (exact) mass is 464 g/mol. The van der Waals surface area contributed by atoms with Crippen molar-refractivity contribution in [2.75, 3.05) is 6.26 Å². The van der Waals surface area contributed by atoms with E-state index in [1.165, 1.54) is 10.8 Å². The summed E-state index contributed by atoms with van der Waals surface area (Å²) in [5, 5.41) is 15.4. The molecule has 0 heterocycles. The van der Waals surface area contributed by atoms with Gasteiger partial charge in [-0.1, -0.05) is 112 Å². The van der Waals surface area contributed by atoms with Crippen LogP contribution in [-0.4, -0.2) is 20.4 Å². The number of hydrogen-bond acceptors (Lipinski definition) is 5. The molecule has 1 fully saturated rings. The summed E-state index contributed by atoms with van der Waals surface area (Å²) in [6.07, 6.45) is 1.90. The van der Waals surface area contributed by atoms with Gasteiger partial charge in [0.1, 0.15) is 0 Å². The van der Waals surface area contributed by atoms with Crippen LogP contribution in [0.5, 0.6) is 0 Å². The maximum Gasteiger partial charge on any atom is 0.325 e. The van der Waals surface area contributed by atoms with Gasteiger partial charge in [0.25, 0.3) is 0 Å². The molecule has 0 unspecified atom stereocenters. The predicted molar refractivity (Wildman–Crippen MR) is 138 cm³/mol. The average molecular weight is 465 g/mol. The highest BCUT2D eigenvalue weighted by Crippen LogP contribution is 2.31. The Balaban J connectivity index is 0.000000325. The molecule has 3 aromatic rings. The number of nitrogens with zero attached hydrogens (tertiary/aromatic N) is 2. The third kappa shape index (κ3) is 9.30. The van der Waals surface area contributed by atoms with Crippen LogP contribution >= 0.6 is 0 Å². The van der Waals surface area contributed by atoms with E-state index in [-0.39, 0.29) is 0 Å². The van der Waals surface area contributed by atoms with Gasteiger partial charge < -0.3 is 0 Å². The van der Waals surface area contributed by atoms with E-state index >= 15 is 0 Å². The number of hydrogen-bond donors (Lipinski definition) is 0. The first kappa shape index (κ1) is 27.6. The predicted octanol–water partition coefficient (Wildman–Crippen LogP) is 6.98. The summed E-state index contributed by atoms with van der Waals surface area (Å²) in [5.74, 6) is 0. The molecule has 0 bridgehead atoms. The van der Waals surface area contributed by atoms with Gasteiger partial charge in [0.15, 0.2) is 0 Å². The minimum Gasteiger partial charge on any atom is -0.269 e. The Morgan fingerprint density at radius 1 is 0.818 bits per heavy atom. The smallest absolute Gasteiger partial charge is 0.269 e. The molecule has 1 aliphatic rings. The number of oxime groups is 1. The first-order chi connectivity index (χ1) is 16.0. The third-order valence-corrected chi connectivity index (χ3v) is 4.67. The largest absolute Gasteiger partial charge is 0.325 e. The average Bonchev–Trinajstić information content (AvgIpc) is 2.83. The van der Waals surface area contributed by atoms with Crippen LogP contribution in [-0.2, 0) is 14.4 Å². The molecule has 5 nitrogen and oxygen atoms in total. The molecule has 33 heavy (non-hydrogen) atoms. The Labute approximate surface area is 198 Å². The Hall–Kier alpha value is -3.43. The Morgan fingerprint density at radius 3 is 1.64 bits per heavy atom. The molecule has 0 N–H and O–H groups in total. The molecule has 0 amide bonds. The van der Waals surface area contributed by atoms with Crippen molar-refractivity contribution < 1.29 is 12.7 Å². The van der Waals surface area contributed by atoms with Gasteiger partial charge in [-0.3, -0.25) is 4.28 Å². The van der Waals surface area contributed by atoms with Gasteiger partial charge in [0.05, 0.1) is 23.6 Å². The second kappa shape index (κ2) is 14.6. The lowest BCUT2D eigenvalue weighted by molar-refractivity contribution is 0.340. The minimum absolute atomic E-state index is 0.479. The standard InChI is InChI=1S/C13H12N2O3S.C10H8.2C2H6/c1-19(16,17)18-15-12-7-11(8-12)13(9-14)10-5-3-2-4-6-10;1-2-6-10-8-4-3-7-9(10)5-1;2*1-2/h2-6H,7-8H2,1H3;1-8H;2*1-2H3. The second-order valence-electron chi connectivity index (χ2n) is 6.59. The van der Waals surface area contributed by atoms with Gasteiger partial charge in [0, 0.05) is 12.8 Å². The molecule has 1 saturated carbocycles. The van der Waals surface area contributed by atoms with Gasteiger partial charge in [-0.15, -0.1) is 0 Å². The molecule has 0 saturated heterocycles. The van der Waals surface area contributed by atoms with Crippen LogP contribution in [0, 0.1) is 11.3 Å². The third-order valence-electron chi connectivity index (χ3n) is 4.32. The summed E-state index contributed by atoms with van der Waals surface area (Å²) in [4.78, 5) is 0. The van der Waals surface area contributed by atoms with Gasteiger partial charge in [0.2, 0.25) is 0 Å². The van der Waals surface area contributed by atoms with Crippen molar-refractivity contribution in [2.24, 2.45) is 5.16 Å². The molecule has 0 atom stereocenters. The topological polar surface area (TPSA) is 79.5 Å². The highest BCUT2D eigenvalue weighted by atomic mass is 32.2. The fourth-order valence-corrected chi connectivity index (χ4v) is 3.13. The highest BCUT2D eigenvalue weighted by molar-refractivity contribution is 7.85. The van der Waals surface area contributed by atoms with E-state index in [2.05, 4.69) is 64.0 Å². The van der Waals surface area contributed by atoms with E-state index in [0.29, 0.717) is 24.1 Å². The van der Waals surface area contributed by atoms with Crippen molar-refractivity contribution in [1.82, 2.24) is 0 Å². The fourth-order valence-electron chi connectivity index (χ4n) is 2.89. The van der Waals surface area contributed by atoms with E-state index in [1.807, 2.05) is 58.0 Å². The van der Waals surface area contributed by atoms with Crippen molar-refractivity contribution in [2.45, 2.75) is 40.5 Å². The van der Waals surface area contributed by atoms with Crippen LogP contribution in [0.25, 0.3) is 16.3 Å². The summed E-state index contributed by atoms with van der Waals surface area (Å²) < 4.78 is 25.9. The molecule has 4 rings (SSSR count). The van der Waals surface area contributed by atoms with Crippen LogP contribution in [0.3, 0.4) is 0 Å². The molecule has 0 spiro atoms. The molecule has 174 valence electrons. The van der Waals surface area contributed by atoms with Crippen LogP contribution in [0.1, 0.15) is 46.1 Å². The Morgan fingerprint density at radius 2 is 1.24 bits per heavy atom. The maximum atomic E-state index is 10.8. The van der Waals surface area contributed by atoms with Crippen LogP contribution in [0.4, 0.5) is 0 Å². The number of fused-ring (bicyclic) bond motifs is 1. The van der Waals surface area contributed by atoms with E-state index in [0.717, 1.165) is 17.4 Å². The van der Waals surface area contributed by atoms with Crippen molar-refractivity contribution in [3.05, 3.63) is 90.0 Å². The molecule has 3 aromatic carbocycles. The van der Waals surface area contributed by atoms with E-state index in [1.54, 1.807) is 0 Å². The second-order valence-corrected chi connectivity index (χ2v) is 8.15. The summed E-state index contributed by atoms with van der Waals surface area (Å²) in [6.45, 7) is 8.00. The van der Waals surface area contributed by atoms with Crippen LogP contribution in [0.15, 0.2) is 89.6 Å². The van der Waals surface area contributed by atoms with Gasteiger partial charge in [-0.05, 0) is 21.9 Å². The van der Waals surface area contributed by atoms with Crippen molar-refractivity contribution in [3.8, 4) is 6.07 Å². The number of benzene rings is 3. The number of nitriles is 1. The SMILES string of the molecule is CC.CC.CS(=O)(=O)ON=C1CC(=C(C#N)c2ccccc2)C1.c1ccc2ccccc2c1. The minimum atomic E-state index is -3.56. The molecule has 0 radical (unpaired) electrons. The molecule has 6 heteroatoms.